The number of sulfonamides is 1. The lowest BCUT2D eigenvalue weighted by Crippen LogP contribution is -2.40. The predicted octanol–water partition coefficient (Wildman–Crippen LogP) is 4.34. The van der Waals surface area contributed by atoms with Gasteiger partial charge in [0.15, 0.2) is 6.61 Å². The number of nitrogens with zero attached hydrogens (tertiary/aromatic N) is 2. The Morgan fingerprint density at radius 1 is 0.833 bits per heavy atom. The summed E-state index contributed by atoms with van der Waals surface area (Å²) < 4.78 is 33.7. The van der Waals surface area contributed by atoms with Crippen molar-refractivity contribution in [3.8, 4) is 5.75 Å². The molecule has 4 rings (SSSR count). The Balaban J connectivity index is 1.33. The molecule has 9 nitrogen and oxygen atoms in total. The van der Waals surface area contributed by atoms with Crippen molar-refractivity contribution in [3.05, 3.63) is 125 Å². The van der Waals surface area contributed by atoms with Crippen LogP contribution in [0.1, 0.15) is 22.3 Å². The summed E-state index contributed by atoms with van der Waals surface area (Å²) in [6.45, 7) is 3.49. The standard InChI is InChI=1S/C32H32N4O5S/c1-24-12-18-29(19-13-24)42(39,40)36(30-11-7-6-8-25(30)2)22-31(37)35-34-21-27-14-16-28(17-15-27)41-23-32(38)33-20-26-9-4-3-5-10-26/h3-19,21H,20,22-23H2,1-2H3,(H,33,38)(H,35,37)/b34-21-. The van der Waals surface area contributed by atoms with Gasteiger partial charge in [-0.05, 0) is 73.0 Å². The highest BCUT2D eigenvalue weighted by atomic mass is 32.2. The fourth-order valence-corrected chi connectivity index (χ4v) is 5.46. The van der Waals surface area contributed by atoms with Crippen LogP contribution in [0.25, 0.3) is 0 Å². The molecule has 0 saturated heterocycles. The third kappa shape index (κ3) is 8.28. The van der Waals surface area contributed by atoms with Gasteiger partial charge in [-0.15, -0.1) is 0 Å². The van der Waals surface area contributed by atoms with Gasteiger partial charge < -0.3 is 10.1 Å². The first-order valence-corrected chi connectivity index (χ1v) is 14.7. The van der Waals surface area contributed by atoms with Crippen LogP contribution in [0.4, 0.5) is 5.69 Å². The maximum Gasteiger partial charge on any atom is 0.264 e. The fraction of sp³-hybridized carbons (Fsp3) is 0.156. The van der Waals surface area contributed by atoms with Gasteiger partial charge in [0.05, 0.1) is 16.8 Å². The third-order valence-electron chi connectivity index (χ3n) is 6.27. The molecular formula is C32H32N4O5S. The van der Waals surface area contributed by atoms with Crippen LogP contribution in [-0.2, 0) is 26.2 Å². The van der Waals surface area contributed by atoms with Crippen molar-refractivity contribution in [1.82, 2.24) is 10.7 Å². The van der Waals surface area contributed by atoms with Gasteiger partial charge in [0.1, 0.15) is 12.3 Å². The molecule has 0 aliphatic heterocycles. The maximum atomic E-state index is 13.5. The summed E-state index contributed by atoms with van der Waals surface area (Å²) in [6.07, 6.45) is 1.43. The molecule has 216 valence electrons. The Bertz CT molecular complexity index is 1640. The van der Waals surface area contributed by atoms with Crippen molar-refractivity contribution in [2.45, 2.75) is 25.3 Å². The normalized spacial score (nSPS) is 11.2. The van der Waals surface area contributed by atoms with Gasteiger partial charge in [-0.1, -0.05) is 66.2 Å². The second kappa shape index (κ2) is 14.1. The summed E-state index contributed by atoms with van der Waals surface area (Å²) in [7, 11) is -4.02. The fourth-order valence-electron chi connectivity index (χ4n) is 3.97. The molecule has 0 aliphatic rings. The van der Waals surface area contributed by atoms with E-state index < -0.39 is 22.5 Å². The van der Waals surface area contributed by atoms with Crippen molar-refractivity contribution >= 4 is 33.7 Å². The number of carbonyl (C=O) groups excluding carboxylic acids is 2. The molecule has 2 amide bonds. The summed E-state index contributed by atoms with van der Waals surface area (Å²) in [5.74, 6) is -0.343. The van der Waals surface area contributed by atoms with Crippen molar-refractivity contribution in [3.63, 3.8) is 0 Å². The van der Waals surface area contributed by atoms with E-state index in [2.05, 4.69) is 15.8 Å². The van der Waals surface area contributed by atoms with E-state index in [9.17, 15) is 18.0 Å². The minimum Gasteiger partial charge on any atom is -0.484 e. The number of anilines is 1. The minimum atomic E-state index is -4.02. The number of para-hydroxylation sites is 1. The van der Waals surface area contributed by atoms with E-state index in [1.807, 2.05) is 37.3 Å². The third-order valence-corrected chi connectivity index (χ3v) is 8.04. The van der Waals surface area contributed by atoms with E-state index in [4.69, 9.17) is 4.74 Å². The van der Waals surface area contributed by atoms with Crippen LogP contribution >= 0.6 is 0 Å². The summed E-state index contributed by atoms with van der Waals surface area (Å²) in [4.78, 5) is 25.0. The minimum absolute atomic E-state index is 0.0867. The Morgan fingerprint density at radius 3 is 2.19 bits per heavy atom. The van der Waals surface area contributed by atoms with Gasteiger partial charge in [-0.2, -0.15) is 5.10 Å². The number of ether oxygens (including phenoxy) is 1. The smallest absolute Gasteiger partial charge is 0.264 e. The van der Waals surface area contributed by atoms with E-state index in [0.29, 0.717) is 29.1 Å². The van der Waals surface area contributed by atoms with Gasteiger partial charge in [0.2, 0.25) is 0 Å². The van der Waals surface area contributed by atoms with Crippen molar-refractivity contribution in [2.24, 2.45) is 5.10 Å². The molecule has 10 heteroatoms. The van der Waals surface area contributed by atoms with Crippen LogP contribution in [0.5, 0.6) is 5.75 Å². The lowest BCUT2D eigenvalue weighted by Gasteiger charge is -2.25. The van der Waals surface area contributed by atoms with Crippen LogP contribution in [0.3, 0.4) is 0 Å². The van der Waals surface area contributed by atoms with Crippen LogP contribution in [-0.4, -0.2) is 39.6 Å². The van der Waals surface area contributed by atoms with E-state index in [-0.39, 0.29) is 17.4 Å². The highest BCUT2D eigenvalue weighted by Gasteiger charge is 2.28. The molecule has 0 fully saturated rings. The van der Waals surface area contributed by atoms with Crippen molar-refractivity contribution < 1.29 is 22.7 Å². The predicted molar refractivity (Wildman–Crippen MR) is 163 cm³/mol. The molecule has 0 spiro atoms. The quantitative estimate of drug-likeness (QED) is 0.190. The largest absolute Gasteiger partial charge is 0.484 e. The second-order valence-corrected chi connectivity index (χ2v) is 11.4. The summed E-state index contributed by atoms with van der Waals surface area (Å²) in [5, 5.41) is 6.78. The average Bonchev–Trinajstić information content (AvgIpc) is 2.99. The van der Waals surface area contributed by atoms with E-state index >= 15 is 0 Å². The van der Waals surface area contributed by atoms with Gasteiger partial charge >= 0.3 is 0 Å². The summed E-state index contributed by atoms with van der Waals surface area (Å²) >= 11 is 0. The number of rotatable bonds is 12. The Morgan fingerprint density at radius 2 is 1.50 bits per heavy atom. The van der Waals surface area contributed by atoms with Crippen LogP contribution in [0, 0.1) is 13.8 Å². The van der Waals surface area contributed by atoms with Crippen molar-refractivity contribution in [2.75, 3.05) is 17.5 Å². The zero-order valence-corrected chi connectivity index (χ0v) is 24.2. The van der Waals surface area contributed by atoms with Gasteiger partial charge in [-0.3, -0.25) is 13.9 Å². The Kier molecular flexibility index (Phi) is 10.1. The van der Waals surface area contributed by atoms with Gasteiger partial charge in [0, 0.05) is 6.54 Å². The Hall–Kier alpha value is -4.96. The zero-order chi connectivity index (χ0) is 30.0. The lowest BCUT2D eigenvalue weighted by atomic mass is 10.2. The molecule has 0 aliphatic carbocycles. The molecule has 0 atom stereocenters. The zero-order valence-electron chi connectivity index (χ0n) is 23.4. The highest BCUT2D eigenvalue weighted by Crippen LogP contribution is 2.26. The topological polar surface area (TPSA) is 117 Å². The van der Waals surface area contributed by atoms with E-state index in [1.54, 1.807) is 67.6 Å². The first kappa shape index (κ1) is 30.0. The molecule has 0 radical (unpaired) electrons. The SMILES string of the molecule is Cc1ccc(S(=O)(=O)N(CC(=O)N/N=C\c2ccc(OCC(=O)NCc3ccccc3)cc2)c2ccccc2C)cc1. The van der Waals surface area contributed by atoms with Gasteiger partial charge in [0.25, 0.3) is 21.8 Å². The molecule has 42 heavy (non-hydrogen) atoms. The molecule has 4 aromatic rings. The first-order valence-electron chi connectivity index (χ1n) is 13.2. The number of hydrogen-bond acceptors (Lipinski definition) is 6. The lowest BCUT2D eigenvalue weighted by molar-refractivity contribution is -0.123. The first-order chi connectivity index (χ1) is 20.2. The number of amides is 2. The van der Waals surface area contributed by atoms with Crippen LogP contribution < -0.4 is 19.8 Å². The molecule has 0 aromatic heterocycles. The summed E-state index contributed by atoms with van der Waals surface area (Å²) in [5.41, 5.74) is 6.11. The van der Waals surface area contributed by atoms with Crippen molar-refractivity contribution in [1.29, 1.82) is 0 Å². The Labute approximate surface area is 245 Å². The van der Waals surface area contributed by atoms with E-state index in [0.717, 1.165) is 15.4 Å². The van der Waals surface area contributed by atoms with Crippen LogP contribution in [0.15, 0.2) is 113 Å². The van der Waals surface area contributed by atoms with Gasteiger partial charge in [-0.25, -0.2) is 13.8 Å². The van der Waals surface area contributed by atoms with Crippen LogP contribution in [0.2, 0.25) is 0 Å². The molecule has 0 unspecified atom stereocenters. The summed E-state index contributed by atoms with van der Waals surface area (Å²) in [6, 6.07) is 29.8. The number of benzene rings is 4. The number of nitrogens with one attached hydrogen (secondary N) is 2. The number of carbonyl (C=O) groups is 2. The number of hydrogen-bond donors (Lipinski definition) is 2. The molecule has 0 saturated carbocycles. The van der Waals surface area contributed by atoms with E-state index in [1.165, 1.54) is 18.3 Å². The number of hydrazone groups is 1. The molecule has 0 bridgehead atoms. The molecular weight excluding hydrogens is 552 g/mol. The second-order valence-electron chi connectivity index (χ2n) is 9.52. The number of aryl methyl sites for hydroxylation is 2. The molecule has 2 N–H and O–H groups in total. The average molecular weight is 585 g/mol. The molecule has 0 heterocycles. The molecule has 4 aromatic carbocycles. The monoisotopic (exact) mass is 584 g/mol. The maximum absolute atomic E-state index is 13.5. The highest BCUT2D eigenvalue weighted by molar-refractivity contribution is 7.92.